The highest BCUT2D eigenvalue weighted by Crippen LogP contribution is 2.31. The predicted octanol–water partition coefficient (Wildman–Crippen LogP) is 3.37. The van der Waals surface area contributed by atoms with E-state index < -0.39 is 11.7 Å². The van der Waals surface area contributed by atoms with E-state index in [1.807, 2.05) is 0 Å². The van der Waals surface area contributed by atoms with E-state index in [1.165, 1.54) is 12.1 Å². The Bertz CT molecular complexity index is 629. The van der Waals surface area contributed by atoms with Crippen molar-refractivity contribution in [1.29, 1.82) is 0 Å². The van der Waals surface area contributed by atoms with Crippen LogP contribution in [0.15, 0.2) is 41.2 Å². The van der Waals surface area contributed by atoms with Gasteiger partial charge in [-0.3, -0.25) is 4.79 Å². The number of halogens is 3. The van der Waals surface area contributed by atoms with E-state index in [2.05, 4.69) is 4.98 Å². The summed E-state index contributed by atoms with van der Waals surface area (Å²) >= 11 is 0. The molecule has 1 heterocycles. The lowest BCUT2D eigenvalue weighted by Gasteiger charge is -2.09. The molecule has 94 valence electrons. The van der Waals surface area contributed by atoms with E-state index in [9.17, 15) is 18.0 Å². The Hall–Kier alpha value is -2.04. The van der Waals surface area contributed by atoms with Crippen molar-refractivity contribution < 1.29 is 13.2 Å². The molecule has 0 unspecified atom stereocenters. The summed E-state index contributed by atoms with van der Waals surface area (Å²) in [5.74, 6) is 0. The van der Waals surface area contributed by atoms with Crippen LogP contribution in [0, 0.1) is 6.92 Å². The van der Waals surface area contributed by atoms with Crippen LogP contribution in [-0.2, 0) is 6.18 Å². The van der Waals surface area contributed by atoms with Crippen LogP contribution >= 0.6 is 0 Å². The summed E-state index contributed by atoms with van der Waals surface area (Å²) in [6.45, 7) is 1.68. The molecular weight excluding hydrogens is 243 g/mol. The van der Waals surface area contributed by atoms with Gasteiger partial charge in [-0.05, 0) is 36.2 Å². The van der Waals surface area contributed by atoms with Crippen molar-refractivity contribution in [1.82, 2.24) is 4.98 Å². The second-order valence-corrected chi connectivity index (χ2v) is 3.99. The minimum Gasteiger partial charge on any atom is -0.326 e. The highest BCUT2D eigenvalue weighted by atomic mass is 19.4. The van der Waals surface area contributed by atoms with Gasteiger partial charge in [0.2, 0.25) is 5.56 Å². The molecule has 5 heteroatoms. The number of aromatic amines is 1. The standard InChI is InChI=1S/C13H10F3NO/c1-8-5-10(7-12(18)17-8)9-3-2-4-11(6-9)13(14,15)16/h2-7H,1H3,(H,17,18). The third-order valence-corrected chi connectivity index (χ3v) is 2.50. The zero-order chi connectivity index (χ0) is 13.3. The zero-order valence-corrected chi connectivity index (χ0v) is 9.51. The molecule has 0 aliphatic carbocycles. The smallest absolute Gasteiger partial charge is 0.326 e. The van der Waals surface area contributed by atoms with Gasteiger partial charge < -0.3 is 4.98 Å². The molecule has 0 saturated carbocycles. The molecule has 0 aliphatic heterocycles. The highest BCUT2D eigenvalue weighted by Gasteiger charge is 2.30. The molecule has 0 radical (unpaired) electrons. The molecule has 1 N–H and O–H groups in total. The third-order valence-electron chi connectivity index (χ3n) is 2.50. The van der Waals surface area contributed by atoms with Crippen LogP contribution in [0.3, 0.4) is 0 Å². The van der Waals surface area contributed by atoms with Gasteiger partial charge in [-0.25, -0.2) is 0 Å². The number of alkyl halides is 3. The van der Waals surface area contributed by atoms with Gasteiger partial charge >= 0.3 is 6.18 Å². The van der Waals surface area contributed by atoms with Crippen molar-refractivity contribution in [3.05, 3.63) is 58.0 Å². The van der Waals surface area contributed by atoms with Gasteiger partial charge in [0.25, 0.3) is 0 Å². The number of H-pyrrole nitrogens is 1. The molecule has 2 nitrogen and oxygen atoms in total. The topological polar surface area (TPSA) is 32.9 Å². The van der Waals surface area contributed by atoms with Crippen molar-refractivity contribution in [3.8, 4) is 11.1 Å². The molecule has 0 spiro atoms. The first kappa shape index (κ1) is 12.4. The maximum atomic E-state index is 12.6. The fraction of sp³-hybridized carbons (Fsp3) is 0.154. The monoisotopic (exact) mass is 253 g/mol. The van der Waals surface area contributed by atoms with Gasteiger partial charge in [0.15, 0.2) is 0 Å². The van der Waals surface area contributed by atoms with Crippen molar-refractivity contribution >= 4 is 0 Å². The molecule has 1 aromatic carbocycles. The lowest BCUT2D eigenvalue weighted by molar-refractivity contribution is -0.137. The second kappa shape index (κ2) is 4.33. The molecule has 0 saturated heterocycles. The van der Waals surface area contributed by atoms with Gasteiger partial charge in [0, 0.05) is 11.8 Å². The molecule has 2 rings (SSSR count). The number of benzene rings is 1. The largest absolute Gasteiger partial charge is 0.416 e. The average Bonchev–Trinajstić information content (AvgIpc) is 2.27. The first-order valence-corrected chi connectivity index (χ1v) is 5.25. The summed E-state index contributed by atoms with van der Waals surface area (Å²) in [5.41, 5.74) is 0.400. The van der Waals surface area contributed by atoms with E-state index in [0.717, 1.165) is 12.1 Å². The number of nitrogens with one attached hydrogen (secondary N) is 1. The molecule has 0 bridgehead atoms. The minimum absolute atomic E-state index is 0.331. The second-order valence-electron chi connectivity index (χ2n) is 3.99. The van der Waals surface area contributed by atoms with E-state index >= 15 is 0 Å². The molecule has 2 aromatic rings. The van der Waals surface area contributed by atoms with Gasteiger partial charge in [-0.1, -0.05) is 12.1 Å². The Morgan fingerprint density at radius 3 is 2.39 bits per heavy atom. The van der Waals surface area contributed by atoms with Crippen molar-refractivity contribution in [2.45, 2.75) is 13.1 Å². The van der Waals surface area contributed by atoms with Crippen LogP contribution in [0.1, 0.15) is 11.3 Å². The van der Waals surface area contributed by atoms with E-state index in [-0.39, 0.29) is 5.56 Å². The summed E-state index contributed by atoms with van der Waals surface area (Å²) in [4.78, 5) is 13.8. The SMILES string of the molecule is Cc1cc(-c2cccc(C(F)(F)F)c2)cc(=O)[nH]1. The highest BCUT2D eigenvalue weighted by molar-refractivity contribution is 5.64. The Labute approximate surface area is 101 Å². The molecule has 18 heavy (non-hydrogen) atoms. The fourth-order valence-corrected chi connectivity index (χ4v) is 1.72. The number of aryl methyl sites for hydroxylation is 1. The van der Waals surface area contributed by atoms with Crippen LogP contribution < -0.4 is 5.56 Å². The number of hydrogen-bond donors (Lipinski definition) is 1. The van der Waals surface area contributed by atoms with Gasteiger partial charge in [0.1, 0.15) is 0 Å². The van der Waals surface area contributed by atoms with Crippen LogP contribution in [0.4, 0.5) is 13.2 Å². The summed E-state index contributed by atoms with van der Waals surface area (Å²) in [5, 5.41) is 0. The van der Waals surface area contributed by atoms with E-state index in [4.69, 9.17) is 0 Å². The van der Waals surface area contributed by atoms with E-state index in [1.54, 1.807) is 19.1 Å². The van der Waals surface area contributed by atoms with Crippen LogP contribution in [-0.4, -0.2) is 4.98 Å². The summed E-state index contributed by atoms with van der Waals surface area (Å²) < 4.78 is 37.7. The number of aromatic nitrogens is 1. The summed E-state index contributed by atoms with van der Waals surface area (Å²) in [7, 11) is 0. The van der Waals surface area contributed by atoms with Crippen LogP contribution in [0.5, 0.6) is 0 Å². The number of rotatable bonds is 1. The maximum absolute atomic E-state index is 12.6. The lowest BCUT2D eigenvalue weighted by atomic mass is 10.0. The molecule has 0 atom stereocenters. The van der Waals surface area contributed by atoms with Crippen LogP contribution in [0.2, 0.25) is 0 Å². The minimum atomic E-state index is -4.38. The lowest BCUT2D eigenvalue weighted by Crippen LogP contribution is -2.07. The third kappa shape index (κ3) is 2.61. The number of pyridine rings is 1. The van der Waals surface area contributed by atoms with Gasteiger partial charge in [-0.15, -0.1) is 0 Å². The predicted molar refractivity (Wildman–Crippen MR) is 62.2 cm³/mol. The molecule has 0 amide bonds. The van der Waals surface area contributed by atoms with Crippen molar-refractivity contribution in [3.63, 3.8) is 0 Å². The number of hydrogen-bond acceptors (Lipinski definition) is 1. The quantitative estimate of drug-likeness (QED) is 0.830. The molecule has 1 aromatic heterocycles. The van der Waals surface area contributed by atoms with E-state index in [0.29, 0.717) is 16.8 Å². The summed E-state index contributed by atoms with van der Waals surface area (Å²) in [6, 6.07) is 7.83. The molecule has 0 fully saturated rings. The van der Waals surface area contributed by atoms with Crippen LogP contribution in [0.25, 0.3) is 11.1 Å². The normalized spacial score (nSPS) is 11.6. The first-order chi connectivity index (χ1) is 8.36. The Balaban J connectivity index is 2.54. The maximum Gasteiger partial charge on any atom is 0.416 e. The van der Waals surface area contributed by atoms with Crippen molar-refractivity contribution in [2.24, 2.45) is 0 Å². The first-order valence-electron chi connectivity index (χ1n) is 5.25. The Morgan fingerprint density at radius 1 is 1.06 bits per heavy atom. The van der Waals surface area contributed by atoms with Gasteiger partial charge in [0.05, 0.1) is 5.56 Å². The Morgan fingerprint density at radius 2 is 1.78 bits per heavy atom. The average molecular weight is 253 g/mol. The summed E-state index contributed by atoms with van der Waals surface area (Å²) in [6.07, 6.45) is -4.38. The Kier molecular flexibility index (Phi) is 2.98. The van der Waals surface area contributed by atoms with Crippen molar-refractivity contribution in [2.75, 3.05) is 0 Å². The zero-order valence-electron chi connectivity index (χ0n) is 9.51. The molecular formula is C13H10F3NO. The molecule has 0 aliphatic rings. The fourth-order valence-electron chi connectivity index (χ4n) is 1.72. The van der Waals surface area contributed by atoms with Gasteiger partial charge in [-0.2, -0.15) is 13.2 Å².